The van der Waals surface area contributed by atoms with E-state index in [9.17, 15) is 14.7 Å². The SMILES string of the molecule is Cc1ccc(O)c(C(=O)NC2CCOC2=O)c1. The molecule has 0 aliphatic carbocycles. The molecular weight excluding hydrogens is 222 g/mol. The number of benzene rings is 1. The molecule has 0 radical (unpaired) electrons. The first-order valence-corrected chi connectivity index (χ1v) is 5.35. The maximum atomic E-state index is 11.8. The Labute approximate surface area is 98.4 Å². The van der Waals surface area contributed by atoms with Crippen LogP contribution in [0.25, 0.3) is 0 Å². The molecule has 5 nitrogen and oxygen atoms in total. The molecule has 90 valence electrons. The second-order valence-corrected chi connectivity index (χ2v) is 4.00. The Morgan fingerprint density at radius 1 is 1.53 bits per heavy atom. The molecule has 0 aromatic heterocycles. The van der Waals surface area contributed by atoms with Gasteiger partial charge in [0.1, 0.15) is 11.8 Å². The first-order valence-electron chi connectivity index (χ1n) is 5.35. The lowest BCUT2D eigenvalue weighted by atomic mass is 10.1. The highest BCUT2D eigenvalue weighted by Crippen LogP contribution is 2.18. The Balaban J connectivity index is 2.14. The smallest absolute Gasteiger partial charge is 0.328 e. The molecule has 1 saturated heterocycles. The number of phenolic OH excluding ortho intramolecular Hbond substituents is 1. The largest absolute Gasteiger partial charge is 0.507 e. The molecule has 1 fully saturated rings. The number of phenols is 1. The number of hydrogen-bond acceptors (Lipinski definition) is 4. The average Bonchev–Trinajstić information content (AvgIpc) is 2.68. The molecule has 1 amide bonds. The van der Waals surface area contributed by atoms with Gasteiger partial charge in [0, 0.05) is 6.42 Å². The Hall–Kier alpha value is -2.04. The fourth-order valence-corrected chi connectivity index (χ4v) is 1.69. The molecule has 1 aliphatic heterocycles. The van der Waals surface area contributed by atoms with E-state index in [2.05, 4.69) is 5.32 Å². The van der Waals surface area contributed by atoms with Crippen LogP contribution < -0.4 is 5.32 Å². The van der Waals surface area contributed by atoms with E-state index >= 15 is 0 Å². The highest BCUT2D eigenvalue weighted by molar-refractivity contribution is 5.99. The van der Waals surface area contributed by atoms with Crippen molar-refractivity contribution in [3.8, 4) is 5.75 Å². The van der Waals surface area contributed by atoms with Crippen molar-refractivity contribution in [2.45, 2.75) is 19.4 Å². The van der Waals surface area contributed by atoms with Crippen LogP contribution in [0.2, 0.25) is 0 Å². The number of carbonyl (C=O) groups is 2. The normalized spacial score (nSPS) is 18.9. The maximum absolute atomic E-state index is 11.8. The molecule has 0 bridgehead atoms. The van der Waals surface area contributed by atoms with Crippen LogP contribution in [0.15, 0.2) is 18.2 Å². The van der Waals surface area contributed by atoms with Crippen LogP contribution in [0.4, 0.5) is 0 Å². The molecule has 1 aromatic rings. The van der Waals surface area contributed by atoms with Gasteiger partial charge in [0.25, 0.3) is 5.91 Å². The van der Waals surface area contributed by atoms with Crippen molar-refractivity contribution in [3.05, 3.63) is 29.3 Å². The van der Waals surface area contributed by atoms with Crippen molar-refractivity contribution in [1.29, 1.82) is 0 Å². The summed E-state index contributed by atoms with van der Waals surface area (Å²) in [5.41, 5.74) is 1.03. The number of amides is 1. The summed E-state index contributed by atoms with van der Waals surface area (Å²) in [6.07, 6.45) is 0.469. The minimum atomic E-state index is -0.609. The molecule has 1 atom stereocenters. The second kappa shape index (κ2) is 4.45. The van der Waals surface area contributed by atoms with Crippen LogP contribution in [0.1, 0.15) is 22.3 Å². The lowest BCUT2D eigenvalue weighted by Gasteiger charge is -2.10. The molecule has 2 rings (SSSR count). The topological polar surface area (TPSA) is 75.6 Å². The van der Waals surface area contributed by atoms with Crippen LogP contribution in [0, 0.1) is 6.92 Å². The molecule has 17 heavy (non-hydrogen) atoms. The fraction of sp³-hybridized carbons (Fsp3) is 0.333. The van der Waals surface area contributed by atoms with Crippen LogP contribution in [-0.2, 0) is 9.53 Å². The monoisotopic (exact) mass is 235 g/mol. The van der Waals surface area contributed by atoms with E-state index in [1.54, 1.807) is 12.1 Å². The number of cyclic esters (lactones) is 1. The summed E-state index contributed by atoms with van der Waals surface area (Å²) in [6.45, 7) is 2.14. The molecule has 5 heteroatoms. The minimum absolute atomic E-state index is 0.0977. The van der Waals surface area contributed by atoms with E-state index in [1.807, 2.05) is 6.92 Å². The van der Waals surface area contributed by atoms with Crippen molar-refractivity contribution in [2.75, 3.05) is 6.61 Å². The average molecular weight is 235 g/mol. The van der Waals surface area contributed by atoms with Gasteiger partial charge in [-0.25, -0.2) is 4.79 Å². The summed E-state index contributed by atoms with van der Waals surface area (Å²) >= 11 is 0. The zero-order valence-corrected chi connectivity index (χ0v) is 9.40. The predicted octanol–water partition coefficient (Wildman–Crippen LogP) is 0.746. The number of esters is 1. The van der Waals surface area contributed by atoms with Crippen LogP contribution >= 0.6 is 0 Å². The molecule has 0 saturated carbocycles. The van der Waals surface area contributed by atoms with Gasteiger partial charge in [-0.15, -0.1) is 0 Å². The quantitative estimate of drug-likeness (QED) is 0.741. The summed E-state index contributed by atoms with van der Waals surface area (Å²) in [7, 11) is 0. The second-order valence-electron chi connectivity index (χ2n) is 4.00. The first-order chi connectivity index (χ1) is 8.08. The van der Waals surface area contributed by atoms with Gasteiger partial charge in [0.15, 0.2) is 0 Å². The molecule has 1 aliphatic rings. The summed E-state index contributed by atoms with van der Waals surface area (Å²) < 4.78 is 4.74. The Morgan fingerprint density at radius 3 is 2.94 bits per heavy atom. The highest BCUT2D eigenvalue weighted by atomic mass is 16.5. The van der Waals surface area contributed by atoms with E-state index in [0.717, 1.165) is 5.56 Å². The number of aryl methyl sites for hydroxylation is 1. The van der Waals surface area contributed by atoms with Crippen molar-refractivity contribution < 1.29 is 19.4 Å². The van der Waals surface area contributed by atoms with Crippen molar-refractivity contribution in [1.82, 2.24) is 5.32 Å². The van der Waals surface area contributed by atoms with Gasteiger partial charge in [0.2, 0.25) is 0 Å². The third kappa shape index (κ3) is 2.38. The zero-order valence-electron chi connectivity index (χ0n) is 9.40. The van der Waals surface area contributed by atoms with Crippen molar-refractivity contribution in [2.24, 2.45) is 0 Å². The predicted molar refractivity (Wildman–Crippen MR) is 59.7 cm³/mol. The van der Waals surface area contributed by atoms with Crippen LogP contribution in [0.3, 0.4) is 0 Å². The third-order valence-corrected chi connectivity index (χ3v) is 2.64. The number of aromatic hydroxyl groups is 1. The van der Waals surface area contributed by atoms with Gasteiger partial charge in [-0.1, -0.05) is 11.6 Å². The van der Waals surface area contributed by atoms with Gasteiger partial charge < -0.3 is 15.2 Å². The summed E-state index contributed by atoms with van der Waals surface area (Å²) in [4.78, 5) is 23.0. The lowest BCUT2D eigenvalue weighted by molar-refractivity contribution is -0.139. The molecule has 1 aromatic carbocycles. The van der Waals surface area contributed by atoms with Gasteiger partial charge in [0.05, 0.1) is 12.2 Å². The Morgan fingerprint density at radius 2 is 2.29 bits per heavy atom. The Bertz CT molecular complexity index is 470. The number of hydrogen-bond donors (Lipinski definition) is 2. The van der Waals surface area contributed by atoms with Gasteiger partial charge in [-0.3, -0.25) is 4.79 Å². The van der Waals surface area contributed by atoms with Gasteiger partial charge in [-0.05, 0) is 19.1 Å². The summed E-state index contributed by atoms with van der Waals surface area (Å²) in [5.74, 6) is -0.986. The van der Waals surface area contributed by atoms with Gasteiger partial charge >= 0.3 is 5.97 Å². The molecule has 1 heterocycles. The summed E-state index contributed by atoms with van der Waals surface area (Å²) in [5, 5.41) is 12.1. The standard InChI is InChI=1S/C12H13NO4/c1-7-2-3-10(14)8(6-7)11(15)13-9-4-5-17-12(9)16/h2-3,6,9,14H,4-5H2,1H3,(H,13,15). The van der Waals surface area contributed by atoms with E-state index < -0.39 is 17.9 Å². The minimum Gasteiger partial charge on any atom is -0.507 e. The lowest BCUT2D eigenvalue weighted by Crippen LogP contribution is -2.37. The van der Waals surface area contributed by atoms with E-state index in [-0.39, 0.29) is 11.3 Å². The number of nitrogens with one attached hydrogen (secondary N) is 1. The first kappa shape index (κ1) is 11.4. The van der Waals surface area contributed by atoms with E-state index in [4.69, 9.17) is 4.74 Å². The maximum Gasteiger partial charge on any atom is 0.328 e. The van der Waals surface area contributed by atoms with Gasteiger partial charge in [-0.2, -0.15) is 0 Å². The van der Waals surface area contributed by atoms with Crippen LogP contribution in [0.5, 0.6) is 5.75 Å². The zero-order chi connectivity index (χ0) is 12.4. The number of carbonyl (C=O) groups excluding carboxylic acids is 2. The highest BCUT2D eigenvalue weighted by Gasteiger charge is 2.28. The fourth-order valence-electron chi connectivity index (χ4n) is 1.69. The number of rotatable bonds is 2. The molecule has 2 N–H and O–H groups in total. The third-order valence-electron chi connectivity index (χ3n) is 2.64. The Kier molecular flexibility index (Phi) is 2.99. The van der Waals surface area contributed by atoms with Crippen LogP contribution in [-0.4, -0.2) is 29.6 Å². The van der Waals surface area contributed by atoms with E-state index in [1.165, 1.54) is 6.07 Å². The molecule has 1 unspecified atom stereocenters. The molecular formula is C12H13NO4. The summed E-state index contributed by atoms with van der Waals surface area (Å²) in [6, 6.07) is 4.13. The van der Waals surface area contributed by atoms with E-state index in [0.29, 0.717) is 13.0 Å². The number of ether oxygens (including phenoxy) is 1. The van der Waals surface area contributed by atoms with Crippen molar-refractivity contribution in [3.63, 3.8) is 0 Å². The van der Waals surface area contributed by atoms with Crippen molar-refractivity contribution >= 4 is 11.9 Å². The molecule has 0 spiro atoms.